The molecule has 0 aliphatic heterocycles. The number of methoxy groups -OCH3 is 2. The fourth-order valence-corrected chi connectivity index (χ4v) is 1.72. The van der Waals surface area contributed by atoms with E-state index < -0.39 is 0 Å². The molecule has 0 bridgehead atoms. The van der Waals surface area contributed by atoms with Crippen LogP contribution in [0.3, 0.4) is 0 Å². The second-order valence-electron chi connectivity index (χ2n) is 4.08. The quantitative estimate of drug-likeness (QED) is 0.855. The van der Waals surface area contributed by atoms with Crippen LogP contribution in [0.25, 0.3) is 0 Å². The van der Waals surface area contributed by atoms with Crippen LogP contribution in [-0.2, 0) is 13.1 Å². The Morgan fingerprint density at radius 3 is 2.63 bits per heavy atom. The molecule has 0 fully saturated rings. The summed E-state index contributed by atoms with van der Waals surface area (Å²) in [6.07, 6.45) is 0. The van der Waals surface area contributed by atoms with Gasteiger partial charge in [-0.25, -0.2) is 4.63 Å². The maximum absolute atomic E-state index is 5.33. The van der Waals surface area contributed by atoms with Gasteiger partial charge in [0.2, 0.25) is 0 Å². The van der Waals surface area contributed by atoms with E-state index in [2.05, 4.69) is 20.3 Å². The zero-order chi connectivity index (χ0) is 13.7. The van der Waals surface area contributed by atoms with Crippen LogP contribution >= 0.6 is 0 Å². The maximum Gasteiger partial charge on any atom is 0.127 e. The molecule has 1 aromatic carbocycles. The molecule has 6 heteroatoms. The molecule has 0 saturated heterocycles. The van der Waals surface area contributed by atoms with E-state index in [0.717, 1.165) is 28.5 Å². The molecule has 1 N–H and O–H groups in total. The van der Waals surface area contributed by atoms with Crippen molar-refractivity contribution in [3.63, 3.8) is 0 Å². The number of nitrogens with one attached hydrogen (secondary N) is 1. The van der Waals surface area contributed by atoms with Gasteiger partial charge < -0.3 is 14.8 Å². The number of aromatic nitrogens is 2. The number of hydrogen-bond donors (Lipinski definition) is 1. The van der Waals surface area contributed by atoms with E-state index in [-0.39, 0.29) is 0 Å². The lowest BCUT2D eigenvalue weighted by Gasteiger charge is -2.10. The maximum atomic E-state index is 5.33. The summed E-state index contributed by atoms with van der Waals surface area (Å²) in [6, 6.07) is 5.74. The van der Waals surface area contributed by atoms with E-state index in [1.54, 1.807) is 14.2 Å². The number of hydrogen-bond acceptors (Lipinski definition) is 6. The topological polar surface area (TPSA) is 69.4 Å². The van der Waals surface area contributed by atoms with Crippen molar-refractivity contribution >= 4 is 0 Å². The van der Waals surface area contributed by atoms with Gasteiger partial charge in [0, 0.05) is 24.7 Å². The number of aryl methyl sites for hydroxylation is 1. The fourth-order valence-electron chi connectivity index (χ4n) is 1.72. The minimum absolute atomic E-state index is 0.602. The first-order valence-electron chi connectivity index (χ1n) is 5.94. The van der Waals surface area contributed by atoms with E-state index in [1.807, 2.05) is 25.1 Å². The molecule has 0 unspecified atom stereocenters. The Morgan fingerprint density at radius 1 is 1.16 bits per heavy atom. The van der Waals surface area contributed by atoms with Crippen molar-refractivity contribution in [2.75, 3.05) is 14.2 Å². The summed E-state index contributed by atoms with van der Waals surface area (Å²) in [5.74, 6) is 1.57. The van der Waals surface area contributed by atoms with Crippen molar-refractivity contribution in [3.05, 3.63) is 35.2 Å². The second-order valence-corrected chi connectivity index (χ2v) is 4.08. The molecule has 0 aliphatic rings. The third-order valence-corrected chi connectivity index (χ3v) is 2.85. The summed E-state index contributed by atoms with van der Waals surface area (Å²) in [5, 5.41) is 10.8. The van der Waals surface area contributed by atoms with E-state index >= 15 is 0 Å². The Labute approximate surface area is 111 Å². The van der Waals surface area contributed by atoms with E-state index in [9.17, 15) is 0 Å². The second kappa shape index (κ2) is 6.19. The van der Waals surface area contributed by atoms with Gasteiger partial charge in [-0.15, -0.1) is 0 Å². The lowest BCUT2D eigenvalue weighted by molar-refractivity contribution is 0.300. The zero-order valence-corrected chi connectivity index (χ0v) is 11.3. The van der Waals surface area contributed by atoms with Crippen LogP contribution in [0.2, 0.25) is 0 Å². The SMILES string of the molecule is COc1ccc(CNCc2nonc2C)c(OC)c1. The van der Waals surface area contributed by atoms with Crippen LogP contribution in [0.5, 0.6) is 11.5 Å². The number of benzene rings is 1. The molecule has 0 aliphatic carbocycles. The van der Waals surface area contributed by atoms with Gasteiger partial charge in [0.25, 0.3) is 0 Å². The summed E-state index contributed by atoms with van der Waals surface area (Å²) in [6.45, 7) is 3.13. The molecule has 2 aromatic rings. The molecule has 0 spiro atoms. The Balaban J connectivity index is 1.97. The molecule has 2 rings (SSSR count). The average Bonchev–Trinajstić information content (AvgIpc) is 2.84. The van der Waals surface area contributed by atoms with Gasteiger partial charge in [0.15, 0.2) is 0 Å². The third-order valence-electron chi connectivity index (χ3n) is 2.85. The highest BCUT2D eigenvalue weighted by molar-refractivity contribution is 5.40. The lowest BCUT2D eigenvalue weighted by Crippen LogP contribution is -2.14. The van der Waals surface area contributed by atoms with Gasteiger partial charge in [-0.05, 0) is 13.0 Å². The minimum atomic E-state index is 0.602. The molecule has 0 amide bonds. The first kappa shape index (κ1) is 13.4. The fraction of sp³-hybridized carbons (Fsp3) is 0.385. The minimum Gasteiger partial charge on any atom is -0.497 e. The van der Waals surface area contributed by atoms with E-state index in [0.29, 0.717) is 13.1 Å². The molecule has 0 radical (unpaired) electrons. The van der Waals surface area contributed by atoms with Crippen LogP contribution < -0.4 is 14.8 Å². The summed E-state index contributed by atoms with van der Waals surface area (Å²) >= 11 is 0. The number of rotatable bonds is 6. The first-order chi connectivity index (χ1) is 9.24. The number of ether oxygens (including phenoxy) is 2. The molecular weight excluding hydrogens is 246 g/mol. The van der Waals surface area contributed by atoms with Crippen LogP contribution in [0.1, 0.15) is 17.0 Å². The summed E-state index contributed by atoms with van der Waals surface area (Å²) in [5.41, 5.74) is 2.67. The highest BCUT2D eigenvalue weighted by Gasteiger charge is 2.07. The highest BCUT2D eigenvalue weighted by Crippen LogP contribution is 2.24. The highest BCUT2D eigenvalue weighted by atomic mass is 16.6. The Hall–Kier alpha value is -2.08. The van der Waals surface area contributed by atoms with E-state index in [4.69, 9.17) is 9.47 Å². The van der Waals surface area contributed by atoms with Gasteiger partial charge in [0.05, 0.1) is 14.2 Å². The van der Waals surface area contributed by atoms with Crippen LogP contribution in [-0.4, -0.2) is 24.5 Å². The summed E-state index contributed by atoms with van der Waals surface area (Å²) < 4.78 is 15.1. The largest absolute Gasteiger partial charge is 0.497 e. The summed E-state index contributed by atoms with van der Waals surface area (Å²) in [4.78, 5) is 0. The van der Waals surface area contributed by atoms with Crippen molar-refractivity contribution < 1.29 is 14.1 Å². The van der Waals surface area contributed by atoms with Crippen molar-refractivity contribution in [3.8, 4) is 11.5 Å². The third kappa shape index (κ3) is 3.23. The zero-order valence-electron chi connectivity index (χ0n) is 11.3. The molecule has 6 nitrogen and oxygen atoms in total. The Morgan fingerprint density at radius 2 is 2.00 bits per heavy atom. The van der Waals surface area contributed by atoms with Crippen molar-refractivity contribution in [2.24, 2.45) is 0 Å². The van der Waals surface area contributed by atoms with Crippen molar-refractivity contribution in [1.29, 1.82) is 0 Å². The van der Waals surface area contributed by atoms with Crippen LogP contribution in [0.15, 0.2) is 22.8 Å². The molecule has 102 valence electrons. The molecule has 1 aromatic heterocycles. The standard InChI is InChI=1S/C13H17N3O3/c1-9-12(16-19-15-9)8-14-7-10-4-5-11(17-2)6-13(10)18-3/h4-6,14H,7-8H2,1-3H3. The van der Waals surface area contributed by atoms with Gasteiger partial charge in [-0.2, -0.15) is 0 Å². The van der Waals surface area contributed by atoms with Gasteiger partial charge in [-0.1, -0.05) is 16.4 Å². The molecular formula is C13H17N3O3. The van der Waals surface area contributed by atoms with Gasteiger partial charge in [-0.3, -0.25) is 0 Å². The number of nitrogens with zero attached hydrogens (tertiary/aromatic N) is 2. The predicted octanol–water partition coefficient (Wildman–Crippen LogP) is 1.69. The van der Waals surface area contributed by atoms with Crippen molar-refractivity contribution in [2.45, 2.75) is 20.0 Å². The van der Waals surface area contributed by atoms with Gasteiger partial charge in [0.1, 0.15) is 22.9 Å². The predicted molar refractivity (Wildman–Crippen MR) is 69.1 cm³/mol. The molecule has 19 heavy (non-hydrogen) atoms. The van der Waals surface area contributed by atoms with Crippen LogP contribution in [0.4, 0.5) is 0 Å². The lowest BCUT2D eigenvalue weighted by atomic mass is 10.2. The van der Waals surface area contributed by atoms with Gasteiger partial charge >= 0.3 is 0 Å². The molecule has 0 saturated carbocycles. The van der Waals surface area contributed by atoms with E-state index in [1.165, 1.54) is 0 Å². The average molecular weight is 263 g/mol. The molecule has 0 atom stereocenters. The first-order valence-corrected chi connectivity index (χ1v) is 5.94. The Kier molecular flexibility index (Phi) is 4.35. The Bertz CT molecular complexity index is 540. The normalized spacial score (nSPS) is 10.5. The molecule has 1 heterocycles. The summed E-state index contributed by atoms with van der Waals surface area (Å²) in [7, 11) is 3.27. The van der Waals surface area contributed by atoms with Crippen molar-refractivity contribution in [1.82, 2.24) is 15.6 Å². The smallest absolute Gasteiger partial charge is 0.127 e. The van der Waals surface area contributed by atoms with Crippen LogP contribution in [0, 0.1) is 6.92 Å². The monoisotopic (exact) mass is 263 g/mol.